The van der Waals surface area contributed by atoms with Gasteiger partial charge < -0.3 is 14.0 Å². The van der Waals surface area contributed by atoms with Gasteiger partial charge in [0, 0.05) is 0 Å². The van der Waals surface area contributed by atoms with E-state index in [4.69, 9.17) is 25.6 Å². The van der Waals surface area contributed by atoms with Crippen LogP contribution in [0.1, 0.15) is 10.4 Å². The van der Waals surface area contributed by atoms with Crippen molar-refractivity contribution in [3.05, 3.63) is 29.1 Å². The maximum Gasteiger partial charge on any atom is 0.343 e. The summed E-state index contributed by atoms with van der Waals surface area (Å²) in [6.07, 6.45) is 1.40. The first kappa shape index (κ1) is 8.83. The number of carboxylic acid groups (broad SMARTS) is 1. The number of hydrogen-bond acceptors (Lipinski definition) is 4. The van der Waals surface area contributed by atoms with Crippen LogP contribution >= 0.6 is 11.6 Å². The zero-order valence-electron chi connectivity index (χ0n) is 6.73. The molecule has 0 spiro atoms. The van der Waals surface area contributed by atoms with Crippen LogP contribution in [0, 0.1) is 0 Å². The van der Waals surface area contributed by atoms with Gasteiger partial charge in [-0.1, -0.05) is 16.8 Å². The van der Waals surface area contributed by atoms with E-state index in [2.05, 4.69) is 5.16 Å². The van der Waals surface area contributed by atoms with E-state index < -0.39 is 5.97 Å². The van der Waals surface area contributed by atoms with Gasteiger partial charge in [-0.25, -0.2) is 4.79 Å². The Kier molecular flexibility index (Phi) is 2.01. The van der Waals surface area contributed by atoms with E-state index in [0.29, 0.717) is 0 Å². The van der Waals surface area contributed by atoms with E-state index >= 15 is 0 Å². The Morgan fingerprint density at radius 2 is 2.36 bits per heavy atom. The topological polar surface area (TPSA) is 76.5 Å². The molecule has 2 aromatic rings. The third-order valence-electron chi connectivity index (χ3n) is 1.61. The van der Waals surface area contributed by atoms with Crippen molar-refractivity contribution in [2.45, 2.75) is 0 Å². The monoisotopic (exact) mass is 213 g/mol. The SMILES string of the molecule is O=C(O)c1c(Cl)noc1-c1ccco1. The van der Waals surface area contributed by atoms with Gasteiger partial charge in [-0.05, 0) is 12.1 Å². The van der Waals surface area contributed by atoms with Crippen LogP contribution in [0.4, 0.5) is 0 Å². The number of nitrogens with zero attached hydrogens (tertiary/aromatic N) is 1. The summed E-state index contributed by atoms with van der Waals surface area (Å²) in [7, 11) is 0. The molecule has 2 heterocycles. The molecule has 5 nitrogen and oxygen atoms in total. The van der Waals surface area contributed by atoms with Crippen LogP contribution in [-0.2, 0) is 0 Å². The molecule has 0 aliphatic rings. The Bertz CT molecular complexity index is 460. The van der Waals surface area contributed by atoms with Crippen molar-refractivity contribution >= 4 is 17.6 Å². The van der Waals surface area contributed by atoms with Crippen molar-refractivity contribution < 1.29 is 18.8 Å². The molecule has 0 saturated carbocycles. The Morgan fingerprint density at radius 3 is 2.93 bits per heavy atom. The van der Waals surface area contributed by atoms with Crippen LogP contribution in [0.5, 0.6) is 0 Å². The number of rotatable bonds is 2. The lowest BCUT2D eigenvalue weighted by molar-refractivity contribution is 0.0697. The first-order valence-corrected chi connectivity index (χ1v) is 4.00. The van der Waals surface area contributed by atoms with Crippen molar-refractivity contribution in [2.24, 2.45) is 0 Å². The second-order valence-corrected chi connectivity index (χ2v) is 2.82. The maximum atomic E-state index is 10.8. The summed E-state index contributed by atoms with van der Waals surface area (Å²) in [5.41, 5.74) is -0.193. The van der Waals surface area contributed by atoms with Crippen molar-refractivity contribution in [3.63, 3.8) is 0 Å². The predicted octanol–water partition coefficient (Wildman–Crippen LogP) is 2.29. The van der Waals surface area contributed by atoms with Gasteiger partial charge in [-0.15, -0.1) is 0 Å². The van der Waals surface area contributed by atoms with Gasteiger partial charge in [-0.3, -0.25) is 0 Å². The summed E-state index contributed by atoms with van der Waals surface area (Å²) < 4.78 is 9.71. The average molecular weight is 214 g/mol. The Morgan fingerprint density at radius 1 is 1.57 bits per heavy atom. The molecule has 0 aliphatic carbocycles. The summed E-state index contributed by atoms with van der Waals surface area (Å²) in [6.45, 7) is 0. The number of hydrogen-bond donors (Lipinski definition) is 1. The molecule has 2 aromatic heterocycles. The molecular weight excluding hydrogens is 210 g/mol. The molecule has 6 heteroatoms. The lowest BCUT2D eigenvalue weighted by Gasteiger charge is -1.91. The van der Waals surface area contributed by atoms with E-state index in [0.717, 1.165) is 0 Å². The van der Waals surface area contributed by atoms with Crippen molar-refractivity contribution in [1.82, 2.24) is 5.16 Å². The fourth-order valence-electron chi connectivity index (χ4n) is 1.03. The number of halogens is 1. The normalized spacial score (nSPS) is 10.4. The largest absolute Gasteiger partial charge is 0.477 e. The summed E-state index contributed by atoms with van der Waals surface area (Å²) in [5.74, 6) is -0.906. The molecule has 0 saturated heterocycles. The van der Waals surface area contributed by atoms with Crippen molar-refractivity contribution in [1.29, 1.82) is 0 Å². The molecule has 0 atom stereocenters. The van der Waals surface area contributed by atoms with Crippen molar-refractivity contribution in [2.75, 3.05) is 0 Å². The highest BCUT2D eigenvalue weighted by Crippen LogP contribution is 2.29. The summed E-state index contributed by atoms with van der Waals surface area (Å²) >= 11 is 5.53. The average Bonchev–Trinajstić information content (AvgIpc) is 2.70. The second kappa shape index (κ2) is 3.19. The minimum atomic E-state index is -1.21. The molecule has 0 unspecified atom stereocenters. The molecule has 0 aliphatic heterocycles. The van der Waals surface area contributed by atoms with Crippen molar-refractivity contribution in [3.8, 4) is 11.5 Å². The number of carboxylic acids is 1. The molecule has 2 rings (SSSR count). The van der Waals surface area contributed by atoms with E-state index in [1.54, 1.807) is 12.1 Å². The molecule has 14 heavy (non-hydrogen) atoms. The minimum Gasteiger partial charge on any atom is -0.477 e. The van der Waals surface area contributed by atoms with Gasteiger partial charge in [0.2, 0.25) is 5.76 Å². The van der Waals surface area contributed by atoms with Crippen LogP contribution in [0.2, 0.25) is 5.15 Å². The Balaban J connectivity index is 2.60. The fraction of sp³-hybridized carbons (Fsp3) is 0. The molecule has 0 amide bonds. The van der Waals surface area contributed by atoms with Crippen LogP contribution in [0.25, 0.3) is 11.5 Å². The van der Waals surface area contributed by atoms with Gasteiger partial charge in [-0.2, -0.15) is 0 Å². The highest BCUT2D eigenvalue weighted by molar-refractivity contribution is 6.32. The highest BCUT2D eigenvalue weighted by Gasteiger charge is 2.23. The highest BCUT2D eigenvalue weighted by atomic mass is 35.5. The molecule has 0 aromatic carbocycles. The first-order chi connectivity index (χ1) is 6.70. The summed E-state index contributed by atoms with van der Waals surface area (Å²) in [5, 5.41) is 12.0. The van der Waals surface area contributed by atoms with E-state index in [-0.39, 0.29) is 22.2 Å². The van der Waals surface area contributed by atoms with E-state index in [9.17, 15) is 4.79 Å². The summed E-state index contributed by atoms with van der Waals surface area (Å²) in [6, 6.07) is 3.17. The number of furan rings is 1. The van der Waals surface area contributed by atoms with Gasteiger partial charge >= 0.3 is 5.97 Å². The quantitative estimate of drug-likeness (QED) is 0.828. The molecule has 72 valence electrons. The smallest absolute Gasteiger partial charge is 0.343 e. The zero-order valence-corrected chi connectivity index (χ0v) is 7.49. The van der Waals surface area contributed by atoms with Gasteiger partial charge in [0.05, 0.1) is 6.26 Å². The minimum absolute atomic E-state index is 0.0208. The van der Waals surface area contributed by atoms with Gasteiger partial charge in [0.1, 0.15) is 5.56 Å². The molecule has 0 fully saturated rings. The fourth-order valence-corrected chi connectivity index (χ4v) is 1.23. The van der Waals surface area contributed by atoms with Crippen LogP contribution < -0.4 is 0 Å². The lowest BCUT2D eigenvalue weighted by atomic mass is 10.2. The van der Waals surface area contributed by atoms with Crippen LogP contribution in [0.15, 0.2) is 27.3 Å². The lowest BCUT2D eigenvalue weighted by Crippen LogP contribution is -1.96. The summed E-state index contributed by atoms with van der Waals surface area (Å²) in [4.78, 5) is 10.8. The van der Waals surface area contributed by atoms with Gasteiger partial charge in [0.15, 0.2) is 10.9 Å². The molecule has 1 N–H and O–H groups in total. The zero-order chi connectivity index (χ0) is 10.1. The van der Waals surface area contributed by atoms with E-state index in [1.807, 2.05) is 0 Å². The second-order valence-electron chi connectivity index (χ2n) is 2.46. The van der Waals surface area contributed by atoms with Crippen LogP contribution in [0.3, 0.4) is 0 Å². The van der Waals surface area contributed by atoms with Gasteiger partial charge in [0.25, 0.3) is 0 Å². The first-order valence-electron chi connectivity index (χ1n) is 3.62. The predicted molar refractivity (Wildman–Crippen MR) is 46.2 cm³/mol. The maximum absolute atomic E-state index is 10.8. The molecule has 0 bridgehead atoms. The third-order valence-corrected chi connectivity index (χ3v) is 1.87. The van der Waals surface area contributed by atoms with Crippen LogP contribution in [-0.4, -0.2) is 16.2 Å². The Hall–Kier alpha value is -1.75. The van der Waals surface area contributed by atoms with E-state index in [1.165, 1.54) is 6.26 Å². The molecular formula is C8H4ClNO4. The number of aromatic carboxylic acids is 1. The standard InChI is InChI=1S/C8H4ClNO4/c9-7-5(8(11)12)6(14-10-7)4-2-1-3-13-4/h1-3H,(H,11,12). The Labute approximate surface area is 82.9 Å². The number of carbonyl (C=O) groups is 1. The molecule has 0 radical (unpaired) electrons. The number of aromatic nitrogens is 1. The third kappa shape index (κ3) is 1.27.